The van der Waals surface area contributed by atoms with Gasteiger partial charge < -0.3 is 5.73 Å². The highest BCUT2D eigenvalue weighted by atomic mass is 79.9. The van der Waals surface area contributed by atoms with Crippen LogP contribution in [0.3, 0.4) is 0 Å². The maximum Gasteiger partial charge on any atom is 0.331 e. The van der Waals surface area contributed by atoms with E-state index in [0.717, 1.165) is 10.1 Å². The van der Waals surface area contributed by atoms with Gasteiger partial charge in [0.25, 0.3) is 11.2 Å². The van der Waals surface area contributed by atoms with Gasteiger partial charge in [-0.05, 0) is 39.2 Å². The topological polar surface area (TPSA) is 113 Å². The molecule has 0 aliphatic carbocycles. The fourth-order valence-electron chi connectivity index (χ4n) is 2.60. The number of nitro groups is 1. The largest absolute Gasteiger partial charge is 0.399 e. The van der Waals surface area contributed by atoms with Crippen molar-refractivity contribution < 1.29 is 4.92 Å². The van der Waals surface area contributed by atoms with Crippen LogP contribution in [0.1, 0.15) is 11.1 Å². The number of hydrogen-bond acceptors (Lipinski definition) is 5. The summed E-state index contributed by atoms with van der Waals surface area (Å²) < 4.78 is 2.75. The molecule has 1 heterocycles. The Morgan fingerprint density at radius 1 is 0.963 bits per heavy atom. The lowest BCUT2D eigenvalue weighted by molar-refractivity contribution is -0.384. The molecule has 2 N–H and O–H groups in total. The summed E-state index contributed by atoms with van der Waals surface area (Å²) in [5.41, 5.74) is 6.76. The fraction of sp³-hybridized carbons (Fsp3) is 0.111. The van der Waals surface area contributed by atoms with Crippen LogP contribution in [0.15, 0.2) is 68.8 Å². The monoisotopic (exact) mass is 430 g/mol. The molecule has 0 spiro atoms. The number of non-ortho nitro benzene ring substituents is 1. The normalized spacial score (nSPS) is 10.7. The molecule has 3 rings (SSSR count). The van der Waals surface area contributed by atoms with Crippen LogP contribution in [-0.2, 0) is 13.1 Å². The zero-order valence-electron chi connectivity index (χ0n) is 14.0. The predicted molar refractivity (Wildman–Crippen MR) is 105 cm³/mol. The smallest absolute Gasteiger partial charge is 0.331 e. The van der Waals surface area contributed by atoms with Crippen molar-refractivity contribution in [3.63, 3.8) is 0 Å². The molecule has 8 nitrogen and oxygen atoms in total. The standard InChI is InChI=1S/C18H15BrN4O4/c19-16-11-21(9-12-1-5-14(20)6-2-12)18(25)22(17(16)24)10-13-3-7-15(8-4-13)23(26)27/h1-8,11H,9-10,20H2. The molecule has 0 fully saturated rings. The molecule has 9 heteroatoms. The molecule has 1 aromatic heterocycles. The van der Waals surface area contributed by atoms with Gasteiger partial charge in [0, 0.05) is 24.0 Å². The molecule has 138 valence electrons. The summed E-state index contributed by atoms with van der Waals surface area (Å²) in [5, 5.41) is 10.7. The summed E-state index contributed by atoms with van der Waals surface area (Å²) in [5.74, 6) is 0. The number of nitrogen functional groups attached to an aromatic ring is 1. The first-order valence-corrected chi connectivity index (χ1v) is 8.72. The molecule has 3 aromatic rings. The highest BCUT2D eigenvalue weighted by Gasteiger charge is 2.12. The first-order chi connectivity index (χ1) is 12.8. The Morgan fingerprint density at radius 2 is 1.52 bits per heavy atom. The Morgan fingerprint density at radius 3 is 2.11 bits per heavy atom. The summed E-state index contributed by atoms with van der Waals surface area (Å²) in [6.07, 6.45) is 1.45. The van der Waals surface area contributed by atoms with Gasteiger partial charge in [0.1, 0.15) is 0 Å². The first kappa shape index (κ1) is 18.6. The molecule has 0 atom stereocenters. The number of anilines is 1. The summed E-state index contributed by atoms with van der Waals surface area (Å²) in [6, 6.07) is 12.8. The number of aromatic nitrogens is 2. The number of hydrogen-bond donors (Lipinski definition) is 1. The van der Waals surface area contributed by atoms with E-state index in [1.807, 2.05) is 0 Å². The minimum Gasteiger partial charge on any atom is -0.399 e. The zero-order valence-corrected chi connectivity index (χ0v) is 15.6. The average Bonchev–Trinajstić information content (AvgIpc) is 2.65. The van der Waals surface area contributed by atoms with Crippen LogP contribution in [0.25, 0.3) is 0 Å². The van der Waals surface area contributed by atoms with Gasteiger partial charge in [-0.3, -0.25) is 24.0 Å². The predicted octanol–water partition coefficient (Wildman–Crippen LogP) is 2.36. The SMILES string of the molecule is Nc1ccc(Cn2cc(Br)c(=O)n(Cc3ccc([N+](=O)[O-])cc3)c2=O)cc1. The van der Waals surface area contributed by atoms with E-state index >= 15 is 0 Å². The van der Waals surface area contributed by atoms with Crippen LogP contribution >= 0.6 is 15.9 Å². The van der Waals surface area contributed by atoms with Crippen molar-refractivity contribution in [3.05, 3.63) is 101 Å². The van der Waals surface area contributed by atoms with Crippen molar-refractivity contribution in [3.8, 4) is 0 Å². The quantitative estimate of drug-likeness (QED) is 0.379. The number of nitrogens with zero attached hydrogens (tertiary/aromatic N) is 3. The summed E-state index contributed by atoms with van der Waals surface area (Å²) in [4.78, 5) is 35.4. The maximum atomic E-state index is 12.8. The molecule has 0 saturated carbocycles. The number of rotatable bonds is 5. The van der Waals surface area contributed by atoms with E-state index in [1.54, 1.807) is 24.3 Å². The van der Waals surface area contributed by atoms with Gasteiger partial charge in [0.15, 0.2) is 0 Å². The molecule has 0 saturated heterocycles. The number of nitrogens with two attached hydrogens (primary N) is 1. The van der Waals surface area contributed by atoms with E-state index < -0.39 is 16.2 Å². The van der Waals surface area contributed by atoms with Gasteiger partial charge in [-0.15, -0.1) is 0 Å². The highest BCUT2D eigenvalue weighted by molar-refractivity contribution is 9.10. The molecular weight excluding hydrogens is 416 g/mol. The van der Waals surface area contributed by atoms with Crippen molar-refractivity contribution in [1.82, 2.24) is 9.13 Å². The van der Waals surface area contributed by atoms with Crippen molar-refractivity contribution >= 4 is 27.3 Å². The third-order valence-electron chi connectivity index (χ3n) is 4.02. The van der Waals surface area contributed by atoms with Gasteiger partial charge in [0.05, 0.1) is 22.5 Å². The Labute approximate surface area is 161 Å². The average molecular weight is 431 g/mol. The van der Waals surface area contributed by atoms with Gasteiger partial charge in [-0.2, -0.15) is 0 Å². The van der Waals surface area contributed by atoms with Crippen LogP contribution in [0.4, 0.5) is 11.4 Å². The summed E-state index contributed by atoms with van der Waals surface area (Å²) in [7, 11) is 0. The van der Waals surface area contributed by atoms with Crippen LogP contribution in [0, 0.1) is 10.1 Å². The molecule has 27 heavy (non-hydrogen) atoms. The van der Waals surface area contributed by atoms with Crippen LogP contribution in [0.2, 0.25) is 0 Å². The highest BCUT2D eigenvalue weighted by Crippen LogP contribution is 2.13. The number of halogens is 1. The van der Waals surface area contributed by atoms with E-state index in [9.17, 15) is 19.7 Å². The third kappa shape index (κ3) is 4.14. The van der Waals surface area contributed by atoms with Crippen molar-refractivity contribution in [2.45, 2.75) is 13.1 Å². The number of nitro benzene ring substituents is 1. The first-order valence-electron chi connectivity index (χ1n) is 7.92. The van der Waals surface area contributed by atoms with Crippen LogP contribution < -0.4 is 17.0 Å². The third-order valence-corrected chi connectivity index (χ3v) is 4.56. The second-order valence-electron chi connectivity index (χ2n) is 5.94. The van der Waals surface area contributed by atoms with Crippen molar-refractivity contribution in [2.24, 2.45) is 0 Å². The minimum absolute atomic E-state index is 0.0108. The second-order valence-corrected chi connectivity index (χ2v) is 6.80. The van der Waals surface area contributed by atoms with Crippen LogP contribution in [0.5, 0.6) is 0 Å². The molecule has 0 unspecified atom stereocenters. The molecular formula is C18H15BrN4O4. The van der Waals surface area contributed by atoms with Gasteiger partial charge >= 0.3 is 5.69 Å². The lowest BCUT2D eigenvalue weighted by Gasteiger charge is -2.11. The van der Waals surface area contributed by atoms with Gasteiger partial charge in [-0.1, -0.05) is 24.3 Å². The summed E-state index contributed by atoms with van der Waals surface area (Å²) >= 11 is 3.20. The molecule has 0 aliphatic rings. The van der Waals surface area contributed by atoms with Crippen molar-refractivity contribution in [2.75, 3.05) is 5.73 Å². The van der Waals surface area contributed by atoms with Gasteiger partial charge in [-0.25, -0.2) is 4.79 Å². The molecule has 0 amide bonds. The lowest BCUT2D eigenvalue weighted by Crippen LogP contribution is -2.40. The van der Waals surface area contributed by atoms with Crippen molar-refractivity contribution in [1.29, 1.82) is 0 Å². The zero-order chi connectivity index (χ0) is 19.6. The lowest BCUT2D eigenvalue weighted by atomic mass is 10.2. The number of benzene rings is 2. The van der Waals surface area contributed by atoms with E-state index in [2.05, 4.69) is 15.9 Å². The Balaban J connectivity index is 1.96. The minimum atomic E-state index is -0.505. The van der Waals surface area contributed by atoms with Crippen LogP contribution in [-0.4, -0.2) is 14.1 Å². The van der Waals surface area contributed by atoms with E-state index in [0.29, 0.717) is 11.3 Å². The Hall–Kier alpha value is -3.20. The molecule has 0 radical (unpaired) electrons. The molecule has 0 bridgehead atoms. The maximum absolute atomic E-state index is 12.8. The molecule has 2 aromatic carbocycles. The second kappa shape index (κ2) is 7.58. The van der Waals surface area contributed by atoms with E-state index in [4.69, 9.17) is 5.73 Å². The van der Waals surface area contributed by atoms with E-state index in [-0.39, 0.29) is 23.2 Å². The van der Waals surface area contributed by atoms with E-state index in [1.165, 1.54) is 35.0 Å². The van der Waals surface area contributed by atoms with Gasteiger partial charge in [0.2, 0.25) is 0 Å². The molecule has 0 aliphatic heterocycles. The Kier molecular flexibility index (Phi) is 5.22. The Bertz CT molecular complexity index is 1100. The fourth-order valence-corrected chi connectivity index (χ4v) is 3.06. The summed E-state index contributed by atoms with van der Waals surface area (Å²) in [6.45, 7) is 0.287.